The smallest absolute Gasteiger partial charge is 0.254 e. The first-order valence-electron chi connectivity index (χ1n) is 12.2. The maximum Gasteiger partial charge on any atom is 0.254 e. The third-order valence-corrected chi connectivity index (χ3v) is 7.19. The van der Waals surface area contributed by atoms with Gasteiger partial charge in [0.25, 0.3) is 5.91 Å². The molecular formula is C27H29F2N3O4S. The van der Waals surface area contributed by atoms with Gasteiger partial charge in [-0.2, -0.15) is 0 Å². The molecule has 0 aliphatic heterocycles. The first-order chi connectivity index (χ1) is 17.8. The summed E-state index contributed by atoms with van der Waals surface area (Å²) in [6.07, 6.45) is 5.96. The highest BCUT2D eigenvalue weighted by molar-refractivity contribution is 7.19. The topological polar surface area (TPSA) is 101 Å². The lowest BCUT2D eigenvalue weighted by atomic mass is 9.97. The minimum atomic E-state index is -1.83. The zero-order chi connectivity index (χ0) is 26.4. The first-order valence-corrected chi connectivity index (χ1v) is 13.0. The number of nitrogens with one attached hydrogen (secondary N) is 2. The van der Waals surface area contributed by atoms with E-state index in [0.717, 1.165) is 41.0 Å². The monoisotopic (exact) mass is 529 g/mol. The number of halogens is 2. The molecule has 1 saturated carbocycles. The molecule has 37 heavy (non-hydrogen) atoms. The van der Waals surface area contributed by atoms with Gasteiger partial charge in [0, 0.05) is 12.3 Å². The number of anilines is 1. The molecule has 3 aromatic rings. The molecule has 2 atom stereocenters. The van der Waals surface area contributed by atoms with Gasteiger partial charge in [-0.05, 0) is 48.6 Å². The highest BCUT2D eigenvalue weighted by atomic mass is 32.1. The Kier molecular flexibility index (Phi) is 8.96. The van der Waals surface area contributed by atoms with Crippen LogP contribution in [0.15, 0.2) is 48.7 Å². The Balaban J connectivity index is 1.35. The summed E-state index contributed by atoms with van der Waals surface area (Å²) in [6, 6.07) is 9.20. The van der Waals surface area contributed by atoms with E-state index in [9.17, 15) is 23.5 Å². The lowest BCUT2D eigenvalue weighted by molar-refractivity contribution is -0.132. The van der Waals surface area contributed by atoms with Crippen molar-refractivity contribution >= 4 is 28.3 Å². The van der Waals surface area contributed by atoms with Crippen LogP contribution in [-0.2, 0) is 20.9 Å². The van der Waals surface area contributed by atoms with Crippen molar-refractivity contribution < 1.29 is 28.2 Å². The minimum Gasteiger partial charge on any atom is -0.378 e. The molecule has 0 radical (unpaired) electrons. The fourth-order valence-corrected chi connectivity index (χ4v) is 5.12. The van der Waals surface area contributed by atoms with Gasteiger partial charge >= 0.3 is 0 Å². The van der Waals surface area contributed by atoms with Crippen molar-refractivity contribution in [3.63, 3.8) is 0 Å². The van der Waals surface area contributed by atoms with Crippen LogP contribution in [0.4, 0.5) is 13.9 Å². The summed E-state index contributed by atoms with van der Waals surface area (Å²) < 4.78 is 33.0. The fourth-order valence-electron chi connectivity index (χ4n) is 4.24. The molecule has 1 heterocycles. The number of benzene rings is 2. The average Bonchev–Trinajstić information content (AvgIpc) is 3.35. The van der Waals surface area contributed by atoms with Crippen LogP contribution in [0.2, 0.25) is 0 Å². The molecule has 7 nitrogen and oxygen atoms in total. The third-order valence-electron chi connectivity index (χ3n) is 6.25. The molecule has 0 saturated heterocycles. The van der Waals surface area contributed by atoms with Crippen LogP contribution in [0.5, 0.6) is 0 Å². The van der Waals surface area contributed by atoms with E-state index in [0.29, 0.717) is 17.8 Å². The molecule has 10 heteroatoms. The number of thiazole rings is 1. The van der Waals surface area contributed by atoms with E-state index in [2.05, 4.69) is 15.6 Å². The Labute approximate surface area is 217 Å². The van der Waals surface area contributed by atoms with E-state index < -0.39 is 35.6 Å². The molecule has 196 valence electrons. The van der Waals surface area contributed by atoms with Gasteiger partial charge in [-0.25, -0.2) is 13.8 Å². The SMILES string of the molecule is C[C@H](NC(=O)[C@H](O)c1cc(F)cc(F)c1)C(=O)Nc1ncc(-c2ccccc2COC2CCCCC2)s1. The Morgan fingerprint density at radius 2 is 1.81 bits per heavy atom. The maximum atomic E-state index is 13.4. The second-order valence-electron chi connectivity index (χ2n) is 9.08. The van der Waals surface area contributed by atoms with Crippen molar-refractivity contribution in [3.8, 4) is 10.4 Å². The van der Waals surface area contributed by atoms with Gasteiger partial charge in [0.1, 0.15) is 17.7 Å². The molecule has 1 fully saturated rings. The molecule has 0 spiro atoms. The molecule has 1 aromatic heterocycles. The second kappa shape index (κ2) is 12.4. The van der Waals surface area contributed by atoms with Crippen molar-refractivity contribution in [1.82, 2.24) is 10.3 Å². The Hall–Kier alpha value is -3.21. The molecule has 1 aliphatic carbocycles. The standard InChI is InChI=1S/C27H29F2N3O4S/c1-16(31-26(35)24(33)18-11-19(28)13-20(29)12-18)25(34)32-27-30-14-23(37-27)22-10-6-5-7-17(22)15-36-21-8-3-2-4-9-21/h5-7,10-14,16,21,24,33H,2-4,8-9,15H2,1H3,(H,31,35)(H,30,32,34)/t16-,24+/m0/s1. The van der Waals surface area contributed by atoms with E-state index in [4.69, 9.17) is 4.74 Å². The highest BCUT2D eigenvalue weighted by Gasteiger charge is 2.24. The third kappa shape index (κ3) is 7.18. The summed E-state index contributed by atoms with van der Waals surface area (Å²) >= 11 is 1.29. The normalized spacial score (nSPS) is 15.7. The van der Waals surface area contributed by atoms with Crippen molar-refractivity contribution in [2.24, 2.45) is 0 Å². The van der Waals surface area contributed by atoms with E-state index in [1.54, 1.807) is 6.20 Å². The van der Waals surface area contributed by atoms with Crippen LogP contribution >= 0.6 is 11.3 Å². The van der Waals surface area contributed by atoms with Gasteiger partial charge < -0.3 is 20.5 Å². The lowest BCUT2D eigenvalue weighted by Gasteiger charge is -2.22. The number of aliphatic hydroxyl groups excluding tert-OH is 1. The summed E-state index contributed by atoms with van der Waals surface area (Å²) in [5, 5.41) is 15.5. The molecule has 4 rings (SSSR count). The number of hydrogen-bond acceptors (Lipinski definition) is 6. The van der Waals surface area contributed by atoms with Gasteiger partial charge in [0.15, 0.2) is 11.2 Å². The quantitative estimate of drug-likeness (QED) is 0.358. The van der Waals surface area contributed by atoms with Gasteiger partial charge in [0.2, 0.25) is 5.91 Å². The molecule has 1 aliphatic rings. The minimum absolute atomic E-state index is 0.252. The van der Waals surface area contributed by atoms with Gasteiger partial charge in [-0.3, -0.25) is 9.59 Å². The van der Waals surface area contributed by atoms with Crippen molar-refractivity contribution in [3.05, 3.63) is 71.4 Å². The largest absolute Gasteiger partial charge is 0.378 e. The number of nitrogens with zero attached hydrogens (tertiary/aromatic N) is 1. The van der Waals surface area contributed by atoms with Crippen LogP contribution in [-0.4, -0.2) is 34.1 Å². The number of aliphatic hydroxyl groups is 1. The maximum absolute atomic E-state index is 13.4. The van der Waals surface area contributed by atoms with Gasteiger partial charge in [-0.15, -0.1) is 0 Å². The zero-order valence-corrected chi connectivity index (χ0v) is 21.2. The van der Waals surface area contributed by atoms with E-state index in [1.165, 1.54) is 37.5 Å². The van der Waals surface area contributed by atoms with Crippen LogP contribution in [0.25, 0.3) is 10.4 Å². The number of rotatable bonds is 9. The molecule has 3 N–H and O–H groups in total. The number of aromatic nitrogens is 1. The van der Waals surface area contributed by atoms with E-state index in [1.807, 2.05) is 24.3 Å². The Morgan fingerprint density at radius 3 is 2.54 bits per heavy atom. The predicted molar refractivity (Wildman–Crippen MR) is 137 cm³/mol. The Morgan fingerprint density at radius 1 is 1.11 bits per heavy atom. The highest BCUT2D eigenvalue weighted by Crippen LogP contribution is 2.32. The molecule has 0 unspecified atom stereocenters. The predicted octanol–water partition coefficient (Wildman–Crippen LogP) is 5.11. The molecule has 2 amide bonds. The average molecular weight is 530 g/mol. The molecule has 2 aromatic carbocycles. The Bertz CT molecular complexity index is 1230. The van der Waals surface area contributed by atoms with Crippen LogP contribution in [0, 0.1) is 11.6 Å². The van der Waals surface area contributed by atoms with Crippen molar-refractivity contribution in [2.75, 3.05) is 5.32 Å². The van der Waals surface area contributed by atoms with Crippen molar-refractivity contribution in [1.29, 1.82) is 0 Å². The number of carbonyl (C=O) groups excluding carboxylic acids is 2. The summed E-state index contributed by atoms with van der Waals surface area (Å²) in [7, 11) is 0. The number of hydrogen-bond donors (Lipinski definition) is 3. The lowest BCUT2D eigenvalue weighted by Crippen LogP contribution is -2.43. The second-order valence-corrected chi connectivity index (χ2v) is 10.1. The van der Waals surface area contributed by atoms with Crippen LogP contribution < -0.4 is 10.6 Å². The van der Waals surface area contributed by atoms with Gasteiger partial charge in [-0.1, -0.05) is 54.9 Å². The van der Waals surface area contributed by atoms with Crippen molar-refractivity contribution in [2.45, 2.75) is 63.9 Å². The van der Waals surface area contributed by atoms with Crippen LogP contribution in [0.1, 0.15) is 56.3 Å². The number of amides is 2. The number of carbonyl (C=O) groups is 2. The number of ether oxygens (including phenoxy) is 1. The molecule has 0 bridgehead atoms. The fraction of sp³-hybridized carbons (Fsp3) is 0.370. The van der Waals surface area contributed by atoms with E-state index in [-0.39, 0.29) is 11.7 Å². The summed E-state index contributed by atoms with van der Waals surface area (Å²) in [4.78, 5) is 30.1. The summed E-state index contributed by atoms with van der Waals surface area (Å²) in [5.74, 6) is -3.36. The van der Waals surface area contributed by atoms with E-state index >= 15 is 0 Å². The zero-order valence-electron chi connectivity index (χ0n) is 20.4. The first kappa shape index (κ1) is 26.8. The summed E-state index contributed by atoms with van der Waals surface area (Å²) in [6.45, 7) is 1.93. The van der Waals surface area contributed by atoms with Gasteiger partial charge in [0.05, 0.1) is 17.6 Å². The van der Waals surface area contributed by atoms with Crippen LogP contribution in [0.3, 0.4) is 0 Å². The molecular weight excluding hydrogens is 500 g/mol. The summed E-state index contributed by atoms with van der Waals surface area (Å²) in [5.41, 5.74) is 1.76.